The molecular formula is C26H35N5O4S. The number of carbonyl (C=O) groups is 3. The number of anilines is 2. The van der Waals surface area contributed by atoms with Gasteiger partial charge in [0.05, 0.1) is 12.3 Å². The Balaban J connectivity index is 1.53. The van der Waals surface area contributed by atoms with Gasteiger partial charge in [-0.05, 0) is 68.4 Å². The van der Waals surface area contributed by atoms with Gasteiger partial charge in [0.1, 0.15) is 17.2 Å². The maximum absolute atomic E-state index is 13.6. The molecule has 0 bridgehead atoms. The molecule has 4 N–H and O–H groups in total. The van der Waals surface area contributed by atoms with Crippen molar-refractivity contribution in [2.24, 2.45) is 0 Å². The first-order chi connectivity index (χ1) is 17.5. The molecule has 4 rings (SSSR count). The molecular weight excluding hydrogens is 478 g/mol. The molecule has 0 aliphatic heterocycles. The molecule has 0 spiro atoms. The van der Waals surface area contributed by atoms with Crippen LogP contribution < -0.4 is 26.0 Å². The molecule has 10 heteroatoms. The number of nitrogens with zero attached hydrogens (tertiary/aromatic N) is 2. The summed E-state index contributed by atoms with van der Waals surface area (Å²) in [6, 6.07) is 7.23. The third-order valence-corrected chi connectivity index (χ3v) is 7.66. The summed E-state index contributed by atoms with van der Waals surface area (Å²) in [6.45, 7) is 2.25. The predicted octanol–water partition coefficient (Wildman–Crippen LogP) is 3.89. The average molecular weight is 514 g/mol. The Labute approximate surface area is 215 Å². The van der Waals surface area contributed by atoms with Crippen LogP contribution in [0.25, 0.3) is 0 Å². The fraction of sp³-hybridized carbons (Fsp3) is 0.538. The highest BCUT2D eigenvalue weighted by Gasteiger charge is 2.29. The van der Waals surface area contributed by atoms with Gasteiger partial charge in [-0.1, -0.05) is 32.1 Å². The van der Waals surface area contributed by atoms with E-state index in [9.17, 15) is 14.4 Å². The van der Waals surface area contributed by atoms with Crippen LogP contribution in [0.1, 0.15) is 84.9 Å². The lowest BCUT2D eigenvalue weighted by molar-refractivity contribution is -0.120. The minimum atomic E-state index is -0.465. The topological polar surface area (TPSA) is 127 Å². The highest BCUT2D eigenvalue weighted by atomic mass is 32.1. The van der Waals surface area contributed by atoms with Gasteiger partial charge in [0.15, 0.2) is 5.69 Å². The Morgan fingerprint density at radius 1 is 1.00 bits per heavy atom. The van der Waals surface area contributed by atoms with E-state index >= 15 is 0 Å². The van der Waals surface area contributed by atoms with Gasteiger partial charge < -0.3 is 21.1 Å². The fourth-order valence-electron chi connectivity index (χ4n) is 4.89. The molecule has 2 aliphatic rings. The van der Waals surface area contributed by atoms with Crippen LogP contribution in [0.15, 0.2) is 24.3 Å². The van der Waals surface area contributed by atoms with Crippen LogP contribution in [0.4, 0.5) is 11.4 Å². The number of carbonyl (C=O) groups excluding carboxylic acids is 3. The van der Waals surface area contributed by atoms with Gasteiger partial charge in [-0.3, -0.25) is 19.3 Å². The summed E-state index contributed by atoms with van der Waals surface area (Å²) in [4.78, 5) is 40.9. The molecule has 3 amide bonds. The van der Waals surface area contributed by atoms with Crippen LogP contribution in [0, 0.1) is 0 Å². The molecule has 2 saturated carbocycles. The number of rotatable bonds is 9. The third-order valence-electron chi connectivity index (χ3n) is 6.80. The van der Waals surface area contributed by atoms with Crippen LogP contribution in [0.2, 0.25) is 0 Å². The van der Waals surface area contributed by atoms with Gasteiger partial charge in [0, 0.05) is 17.8 Å². The van der Waals surface area contributed by atoms with Crippen molar-refractivity contribution in [1.82, 2.24) is 15.0 Å². The van der Waals surface area contributed by atoms with Crippen LogP contribution >= 0.6 is 11.5 Å². The highest BCUT2D eigenvalue weighted by Crippen LogP contribution is 2.28. The summed E-state index contributed by atoms with van der Waals surface area (Å²) < 4.78 is 9.73. The normalized spacial score (nSPS) is 16.5. The van der Waals surface area contributed by atoms with Crippen LogP contribution in [0.5, 0.6) is 5.75 Å². The Hall–Kier alpha value is -3.14. The van der Waals surface area contributed by atoms with E-state index in [2.05, 4.69) is 15.0 Å². The summed E-state index contributed by atoms with van der Waals surface area (Å²) in [7, 11) is 0. The molecule has 0 radical (unpaired) electrons. The zero-order chi connectivity index (χ0) is 25.5. The van der Waals surface area contributed by atoms with Gasteiger partial charge in [-0.2, -0.15) is 4.37 Å². The largest absolute Gasteiger partial charge is 0.494 e. The predicted molar refractivity (Wildman–Crippen MR) is 141 cm³/mol. The maximum Gasteiger partial charge on any atom is 0.273 e. The van der Waals surface area contributed by atoms with E-state index in [4.69, 9.17) is 10.5 Å². The lowest BCUT2D eigenvalue weighted by Gasteiger charge is -2.23. The highest BCUT2D eigenvalue weighted by molar-refractivity contribution is 7.09. The number of nitrogen functional groups attached to an aromatic ring is 1. The van der Waals surface area contributed by atoms with Crippen molar-refractivity contribution in [3.05, 3.63) is 34.8 Å². The molecule has 2 aliphatic carbocycles. The molecule has 2 fully saturated rings. The Bertz CT molecular complexity index is 1060. The van der Waals surface area contributed by atoms with E-state index in [-0.39, 0.29) is 46.7 Å². The van der Waals surface area contributed by atoms with E-state index < -0.39 is 5.91 Å². The van der Waals surface area contributed by atoms with Crippen molar-refractivity contribution < 1.29 is 19.1 Å². The Morgan fingerprint density at radius 3 is 2.25 bits per heavy atom. The maximum atomic E-state index is 13.6. The lowest BCUT2D eigenvalue weighted by Crippen LogP contribution is -2.43. The molecule has 1 heterocycles. The zero-order valence-corrected chi connectivity index (χ0v) is 21.6. The molecule has 0 atom stereocenters. The smallest absolute Gasteiger partial charge is 0.273 e. The van der Waals surface area contributed by atoms with Crippen molar-refractivity contribution in [2.45, 2.75) is 76.8 Å². The summed E-state index contributed by atoms with van der Waals surface area (Å²) in [5.74, 6) is -0.390. The summed E-state index contributed by atoms with van der Waals surface area (Å²) in [6.07, 6.45) is 9.30. The summed E-state index contributed by atoms with van der Waals surface area (Å²) >= 11 is 0.885. The Kier molecular flexibility index (Phi) is 8.79. The monoisotopic (exact) mass is 513 g/mol. The lowest BCUT2D eigenvalue weighted by atomic mass is 9.95. The number of ether oxygens (including phenoxy) is 1. The quantitative estimate of drug-likeness (QED) is 0.467. The fourth-order valence-corrected chi connectivity index (χ4v) is 5.64. The summed E-state index contributed by atoms with van der Waals surface area (Å²) in [5.41, 5.74) is 6.92. The van der Waals surface area contributed by atoms with E-state index in [1.54, 1.807) is 24.3 Å². The average Bonchev–Trinajstić information content (AvgIpc) is 3.53. The first kappa shape index (κ1) is 25.9. The first-order valence-electron chi connectivity index (χ1n) is 12.9. The number of hydrogen-bond donors (Lipinski definition) is 3. The van der Waals surface area contributed by atoms with Crippen molar-refractivity contribution in [3.63, 3.8) is 0 Å². The number of nitrogens with two attached hydrogens (primary N) is 1. The second-order valence-electron chi connectivity index (χ2n) is 9.45. The van der Waals surface area contributed by atoms with Crippen molar-refractivity contribution in [1.29, 1.82) is 0 Å². The van der Waals surface area contributed by atoms with Gasteiger partial charge in [-0.25, -0.2) is 0 Å². The van der Waals surface area contributed by atoms with Gasteiger partial charge in [0.2, 0.25) is 5.91 Å². The molecule has 9 nitrogen and oxygen atoms in total. The van der Waals surface area contributed by atoms with Crippen LogP contribution in [0.3, 0.4) is 0 Å². The van der Waals surface area contributed by atoms with Crippen LogP contribution in [-0.4, -0.2) is 47.3 Å². The number of amides is 3. The number of nitrogens with one attached hydrogen (secondary N) is 2. The van der Waals surface area contributed by atoms with Crippen molar-refractivity contribution >= 4 is 40.6 Å². The van der Waals surface area contributed by atoms with E-state index in [0.717, 1.165) is 62.9 Å². The minimum absolute atomic E-state index is 0.0467. The van der Waals surface area contributed by atoms with Crippen LogP contribution in [-0.2, 0) is 4.79 Å². The standard InChI is InChI=1S/C26H35N5O4S/c1-2-35-20-14-12-19(13-15-20)31(16-21(32)28-17-10-6-7-11-17)26(34)24-22(27)23(30-36-24)25(33)29-18-8-4-3-5-9-18/h12-15,17-18H,2-11,16,27H2,1H3,(H,28,32)(H,29,33). The SMILES string of the molecule is CCOc1ccc(N(CC(=O)NC2CCCC2)C(=O)c2snc(C(=O)NC3CCCCC3)c2N)cc1. The second kappa shape index (κ2) is 12.2. The van der Waals surface area contributed by atoms with E-state index in [1.807, 2.05) is 6.92 Å². The number of benzene rings is 1. The Morgan fingerprint density at radius 2 is 1.61 bits per heavy atom. The number of hydrogen-bond acceptors (Lipinski definition) is 7. The molecule has 36 heavy (non-hydrogen) atoms. The first-order valence-corrected chi connectivity index (χ1v) is 13.6. The minimum Gasteiger partial charge on any atom is -0.494 e. The second-order valence-corrected chi connectivity index (χ2v) is 10.2. The molecule has 0 unspecified atom stereocenters. The molecule has 1 aromatic heterocycles. The molecule has 194 valence electrons. The van der Waals surface area contributed by atoms with Gasteiger partial charge in [0.25, 0.3) is 11.8 Å². The molecule has 0 saturated heterocycles. The van der Waals surface area contributed by atoms with Gasteiger partial charge >= 0.3 is 0 Å². The zero-order valence-electron chi connectivity index (χ0n) is 20.8. The van der Waals surface area contributed by atoms with Gasteiger partial charge in [-0.15, -0.1) is 0 Å². The number of aromatic nitrogens is 1. The van der Waals surface area contributed by atoms with Crippen molar-refractivity contribution in [2.75, 3.05) is 23.8 Å². The third kappa shape index (κ3) is 6.34. The molecule has 1 aromatic carbocycles. The van der Waals surface area contributed by atoms with E-state index in [1.165, 1.54) is 11.3 Å². The summed E-state index contributed by atoms with van der Waals surface area (Å²) in [5, 5.41) is 6.04. The van der Waals surface area contributed by atoms with E-state index in [0.29, 0.717) is 18.0 Å². The van der Waals surface area contributed by atoms with Crippen molar-refractivity contribution in [3.8, 4) is 5.75 Å². The molecule has 2 aromatic rings.